The van der Waals surface area contributed by atoms with Crippen molar-refractivity contribution >= 4 is 23.6 Å². The number of thioether (sulfide) groups is 1. The van der Waals surface area contributed by atoms with E-state index < -0.39 is 5.97 Å². The Hall–Kier alpha value is -1.49. The van der Waals surface area contributed by atoms with Gasteiger partial charge in [0, 0.05) is 16.7 Å². The molecule has 4 nitrogen and oxygen atoms in total. The highest BCUT2D eigenvalue weighted by atomic mass is 32.2. The van der Waals surface area contributed by atoms with Crippen molar-refractivity contribution in [2.45, 2.75) is 29.7 Å². The van der Waals surface area contributed by atoms with Gasteiger partial charge in [0.2, 0.25) is 5.91 Å². The number of carboxylic acid groups (broad SMARTS) is 1. The van der Waals surface area contributed by atoms with Gasteiger partial charge in [-0.3, -0.25) is 9.59 Å². The first-order valence-electron chi connectivity index (χ1n) is 6.41. The van der Waals surface area contributed by atoms with Gasteiger partial charge in [-0.1, -0.05) is 18.2 Å². The fourth-order valence-corrected chi connectivity index (χ4v) is 3.71. The Balaban J connectivity index is 1.81. The fourth-order valence-electron chi connectivity index (χ4n) is 2.49. The molecule has 1 heterocycles. The largest absolute Gasteiger partial charge is 0.480 e. The van der Waals surface area contributed by atoms with Crippen LogP contribution in [-0.2, 0) is 9.59 Å². The van der Waals surface area contributed by atoms with Gasteiger partial charge in [-0.2, -0.15) is 0 Å². The SMILES string of the molecule is O=C(O)CN(C(=O)C1CSc2ccccc21)C1CC1. The van der Waals surface area contributed by atoms with Crippen molar-refractivity contribution in [1.29, 1.82) is 0 Å². The van der Waals surface area contributed by atoms with Gasteiger partial charge in [0.1, 0.15) is 6.54 Å². The molecule has 0 saturated heterocycles. The Morgan fingerprint density at radius 1 is 1.32 bits per heavy atom. The highest BCUT2D eigenvalue weighted by Gasteiger charge is 2.39. The molecule has 3 rings (SSSR count). The van der Waals surface area contributed by atoms with Crippen molar-refractivity contribution < 1.29 is 14.7 Å². The fraction of sp³-hybridized carbons (Fsp3) is 0.429. The van der Waals surface area contributed by atoms with Crippen LogP contribution in [0.3, 0.4) is 0 Å². The molecule has 1 N–H and O–H groups in total. The highest BCUT2D eigenvalue weighted by Crippen LogP contribution is 2.41. The normalized spacial score (nSPS) is 20.9. The smallest absolute Gasteiger partial charge is 0.323 e. The third-order valence-corrected chi connectivity index (χ3v) is 4.76. The van der Waals surface area contributed by atoms with Crippen molar-refractivity contribution in [3.05, 3.63) is 29.8 Å². The van der Waals surface area contributed by atoms with Gasteiger partial charge in [0.05, 0.1) is 5.92 Å². The molecule has 1 aliphatic carbocycles. The van der Waals surface area contributed by atoms with Gasteiger partial charge < -0.3 is 10.0 Å². The molecule has 1 saturated carbocycles. The molecule has 2 aliphatic rings. The Morgan fingerprint density at radius 2 is 2.05 bits per heavy atom. The van der Waals surface area contributed by atoms with Crippen molar-refractivity contribution in [3.8, 4) is 0 Å². The lowest BCUT2D eigenvalue weighted by molar-refractivity contribution is -0.145. The predicted molar refractivity (Wildman–Crippen MR) is 72.3 cm³/mol. The van der Waals surface area contributed by atoms with Crippen LogP contribution in [0.25, 0.3) is 0 Å². The summed E-state index contributed by atoms with van der Waals surface area (Å²) in [6.45, 7) is -0.174. The van der Waals surface area contributed by atoms with Crippen molar-refractivity contribution in [3.63, 3.8) is 0 Å². The van der Waals surface area contributed by atoms with Crippen molar-refractivity contribution in [2.24, 2.45) is 0 Å². The van der Waals surface area contributed by atoms with Crippen LogP contribution in [0.5, 0.6) is 0 Å². The number of aliphatic carboxylic acids is 1. The summed E-state index contributed by atoms with van der Waals surface area (Å²) in [5.41, 5.74) is 1.05. The Kier molecular flexibility index (Phi) is 3.22. The molecule has 1 amide bonds. The summed E-state index contributed by atoms with van der Waals surface area (Å²) in [5.74, 6) is -0.413. The third-order valence-electron chi connectivity index (χ3n) is 3.57. The maximum absolute atomic E-state index is 12.6. The molecular weight excluding hydrogens is 262 g/mol. The average molecular weight is 277 g/mol. The highest BCUT2D eigenvalue weighted by molar-refractivity contribution is 7.99. The summed E-state index contributed by atoms with van der Waals surface area (Å²) < 4.78 is 0. The number of amides is 1. The number of hydrogen-bond acceptors (Lipinski definition) is 3. The quantitative estimate of drug-likeness (QED) is 0.914. The van der Waals surface area contributed by atoms with Crippen LogP contribution in [0.2, 0.25) is 0 Å². The molecule has 0 aromatic heterocycles. The summed E-state index contributed by atoms with van der Waals surface area (Å²) in [4.78, 5) is 26.2. The molecular formula is C14H15NO3S. The number of hydrogen-bond donors (Lipinski definition) is 1. The third kappa shape index (κ3) is 2.47. The number of carbonyl (C=O) groups is 2. The first-order chi connectivity index (χ1) is 9.16. The zero-order valence-electron chi connectivity index (χ0n) is 10.4. The molecule has 100 valence electrons. The van der Waals surface area contributed by atoms with Crippen LogP contribution in [-0.4, -0.2) is 40.2 Å². The molecule has 19 heavy (non-hydrogen) atoms. The summed E-state index contributed by atoms with van der Waals surface area (Å²) in [6.07, 6.45) is 1.86. The minimum atomic E-state index is -0.931. The second-order valence-corrected chi connectivity index (χ2v) is 6.05. The van der Waals surface area contributed by atoms with Crippen molar-refractivity contribution in [1.82, 2.24) is 4.90 Å². The average Bonchev–Trinajstić information content (AvgIpc) is 3.14. The maximum atomic E-state index is 12.6. The van der Waals surface area contributed by atoms with Crippen LogP contribution < -0.4 is 0 Å². The van der Waals surface area contributed by atoms with E-state index in [1.54, 1.807) is 16.7 Å². The minimum absolute atomic E-state index is 0.0256. The summed E-state index contributed by atoms with van der Waals surface area (Å²) in [5, 5.41) is 8.95. The lowest BCUT2D eigenvalue weighted by atomic mass is 10.00. The zero-order valence-corrected chi connectivity index (χ0v) is 11.2. The Morgan fingerprint density at radius 3 is 2.74 bits per heavy atom. The first-order valence-corrected chi connectivity index (χ1v) is 7.39. The molecule has 1 aromatic carbocycles. The van der Waals surface area contributed by atoms with E-state index in [0.717, 1.165) is 29.1 Å². The Labute approximate surface area is 115 Å². The lowest BCUT2D eigenvalue weighted by Gasteiger charge is -2.23. The molecule has 1 atom stereocenters. The van der Waals surface area contributed by atoms with E-state index in [9.17, 15) is 9.59 Å². The number of rotatable bonds is 4. The van der Waals surface area contributed by atoms with Gasteiger partial charge in [-0.25, -0.2) is 0 Å². The molecule has 1 fully saturated rings. The summed E-state index contributed by atoms with van der Waals surface area (Å²) in [6, 6.07) is 8.04. The van der Waals surface area contributed by atoms with Crippen molar-refractivity contribution in [2.75, 3.05) is 12.3 Å². The zero-order chi connectivity index (χ0) is 13.4. The lowest BCUT2D eigenvalue weighted by Crippen LogP contribution is -2.40. The van der Waals surface area contributed by atoms with E-state index >= 15 is 0 Å². The van der Waals surface area contributed by atoms with E-state index in [1.807, 2.05) is 24.3 Å². The number of benzene rings is 1. The van der Waals surface area contributed by atoms with Gasteiger partial charge in [0.15, 0.2) is 0 Å². The van der Waals surface area contributed by atoms with E-state index in [1.165, 1.54) is 0 Å². The number of carbonyl (C=O) groups excluding carboxylic acids is 1. The van der Waals surface area contributed by atoms with Gasteiger partial charge in [-0.05, 0) is 24.5 Å². The van der Waals surface area contributed by atoms with E-state index in [0.29, 0.717) is 0 Å². The van der Waals surface area contributed by atoms with E-state index in [2.05, 4.69) is 0 Å². The molecule has 0 spiro atoms. The van der Waals surface area contributed by atoms with Gasteiger partial charge in [0.25, 0.3) is 0 Å². The molecule has 1 aromatic rings. The predicted octanol–water partition coefficient (Wildman–Crippen LogP) is 1.95. The van der Waals surface area contributed by atoms with Crippen LogP contribution in [0.15, 0.2) is 29.2 Å². The topological polar surface area (TPSA) is 57.6 Å². The number of carboxylic acids is 1. The minimum Gasteiger partial charge on any atom is -0.480 e. The maximum Gasteiger partial charge on any atom is 0.323 e. The van der Waals surface area contributed by atoms with Gasteiger partial charge in [-0.15, -0.1) is 11.8 Å². The van der Waals surface area contributed by atoms with Crippen LogP contribution in [0.1, 0.15) is 24.3 Å². The standard InChI is InChI=1S/C14H15NO3S/c16-13(17)7-15(9-5-6-9)14(18)11-8-19-12-4-2-1-3-10(11)12/h1-4,9,11H,5-8H2,(H,16,17). The van der Waals surface area contributed by atoms with Gasteiger partial charge >= 0.3 is 5.97 Å². The summed E-state index contributed by atoms with van der Waals surface area (Å²) >= 11 is 1.68. The molecule has 0 bridgehead atoms. The first kappa shape index (κ1) is 12.5. The monoisotopic (exact) mass is 277 g/mol. The number of fused-ring (bicyclic) bond motifs is 1. The van der Waals surface area contributed by atoms with E-state index in [-0.39, 0.29) is 24.4 Å². The molecule has 1 aliphatic heterocycles. The van der Waals surface area contributed by atoms with Crippen LogP contribution in [0.4, 0.5) is 0 Å². The van der Waals surface area contributed by atoms with E-state index in [4.69, 9.17) is 5.11 Å². The second-order valence-electron chi connectivity index (χ2n) is 4.99. The second kappa shape index (κ2) is 4.89. The summed E-state index contributed by atoms with van der Waals surface area (Å²) in [7, 11) is 0. The van der Waals surface area contributed by atoms with Crippen LogP contribution >= 0.6 is 11.8 Å². The Bertz CT molecular complexity index is 527. The molecule has 0 radical (unpaired) electrons. The van der Waals surface area contributed by atoms with Crippen LogP contribution in [0, 0.1) is 0 Å². The molecule has 5 heteroatoms. The number of nitrogens with zero attached hydrogens (tertiary/aromatic N) is 1. The molecule has 1 unspecified atom stereocenters.